The van der Waals surface area contributed by atoms with Crippen LogP contribution in [0.5, 0.6) is 0 Å². The van der Waals surface area contributed by atoms with Crippen LogP contribution in [0.2, 0.25) is 0 Å². The number of imidazole rings is 2. The van der Waals surface area contributed by atoms with Gasteiger partial charge in [0.15, 0.2) is 0 Å². The van der Waals surface area contributed by atoms with Crippen molar-refractivity contribution in [2.75, 3.05) is 0 Å². The smallest absolute Gasteiger partial charge is 0.147 e. The summed E-state index contributed by atoms with van der Waals surface area (Å²) in [5.74, 6) is 1.63. The minimum atomic E-state index is 0.816. The van der Waals surface area contributed by atoms with E-state index in [0.29, 0.717) is 0 Å². The predicted octanol–water partition coefficient (Wildman–Crippen LogP) is 10.1. The van der Waals surface area contributed by atoms with Gasteiger partial charge in [-0.15, -0.1) is 0 Å². The van der Waals surface area contributed by atoms with Gasteiger partial charge in [-0.25, -0.2) is 9.97 Å². The molecule has 0 bridgehead atoms. The highest BCUT2D eigenvalue weighted by Gasteiger charge is 2.20. The van der Waals surface area contributed by atoms with E-state index in [1.807, 2.05) is 48.8 Å². The first-order valence-electron chi connectivity index (χ1n) is 16.1. The number of nitrogens with zero attached hydrogens (tertiary/aromatic N) is 6. The van der Waals surface area contributed by atoms with Gasteiger partial charge in [0, 0.05) is 46.7 Å². The first kappa shape index (κ1) is 27.3. The summed E-state index contributed by atoms with van der Waals surface area (Å²) in [6.07, 6.45) is 7.30. The molecule has 5 aromatic carbocycles. The van der Waals surface area contributed by atoms with E-state index in [4.69, 9.17) is 14.4 Å². The summed E-state index contributed by atoms with van der Waals surface area (Å²) in [5, 5.41) is 2.17. The number of pyridine rings is 2. The molecule has 7 heteroatoms. The fourth-order valence-corrected chi connectivity index (χ4v) is 6.88. The van der Waals surface area contributed by atoms with Gasteiger partial charge >= 0.3 is 0 Å². The molecule has 10 aromatic rings. The summed E-state index contributed by atoms with van der Waals surface area (Å²) < 4.78 is 10.7. The number of rotatable bonds is 5. The fourth-order valence-electron chi connectivity index (χ4n) is 6.88. The highest BCUT2D eigenvalue weighted by Crippen LogP contribution is 2.37. The SMILES string of the molecule is c1cncc(-c2nc3ccccc3n2-c2cc(-c3ccc4oc5ccccc5c4c3)cc(-n3c(-c4cccnc4)nc4ccccc43)c2)c1. The van der Waals surface area contributed by atoms with Crippen molar-refractivity contribution in [1.29, 1.82) is 0 Å². The van der Waals surface area contributed by atoms with E-state index in [2.05, 4.69) is 116 Å². The number of furan rings is 1. The minimum absolute atomic E-state index is 0.816. The van der Waals surface area contributed by atoms with Gasteiger partial charge in [0.05, 0.1) is 33.4 Å². The molecule has 0 aliphatic heterocycles. The zero-order valence-electron chi connectivity index (χ0n) is 26.1. The Kier molecular flexibility index (Phi) is 6.04. The van der Waals surface area contributed by atoms with Crippen molar-refractivity contribution in [3.05, 3.63) is 158 Å². The molecular weight excluding hydrogens is 605 g/mol. The Morgan fingerprint density at radius 3 is 1.61 bits per heavy atom. The molecule has 0 unspecified atom stereocenters. The standard InChI is InChI=1S/C42H26N6O/c1-6-16-39-33(11-1)34-23-27(17-18-40(34)49-39)30-21-31(47-37-14-4-2-12-35(37)45-41(47)28-9-7-19-43-25-28)24-32(22-30)48-38-15-5-3-13-36(38)46-42(48)29-10-8-20-44-26-29/h1-26H. The normalized spacial score (nSPS) is 11.7. The molecule has 5 heterocycles. The molecule has 0 amide bonds. The summed E-state index contributed by atoms with van der Waals surface area (Å²) in [5.41, 5.74) is 11.5. The maximum Gasteiger partial charge on any atom is 0.147 e. The minimum Gasteiger partial charge on any atom is -0.456 e. The van der Waals surface area contributed by atoms with Crippen LogP contribution in [-0.4, -0.2) is 29.1 Å². The number of fused-ring (bicyclic) bond motifs is 5. The third kappa shape index (κ3) is 4.44. The summed E-state index contributed by atoms with van der Waals surface area (Å²) in [7, 11) is 0. The van der Waals surface area contributed by atoms with Gasteiger partial charge in [0.2, 0.25) is 0 Å². The van der Waals surface area contributed by atoms with Crippen LogP contribution in [-0.2, 0) is 0 Å². The van der Waals surface area contributed by atoms with Crippen molar-refractivity contribution in [3.63, 3.8) is 0 Å². The van der Waals surface area contributed by atoms with E-state index >= 15 is 0 Å². The summed E-state index contributed by atoms with van der Waals surface area (Å²) >= 11 is 0. The molecule has 0 aliphatic rings. The average Bonchev–Trinajstić information content (AvgIpc) is 3.87. The van der Waals surface area contributed by atoms with Crippen LogP contribution in [0, 0.1) is 0 Å². The highest BCUT2D eigenvalue weighted by atomic mass is 16.3. The van der Waals surface area contributed by atoms with E-state index in [1.165, 1.54) is 0 Å². The van der Waals surface area contributed by atoms with Crippen LogP contribution in [0.3, 0.4) is 0 Å². The molecule has 0 spiro atoms. The molecule has 5 aromatic heterocycles. The van der Waals surface area contributed by atoms with E-state index in [-0.39, 0.29) is 0 Å². The van der Waals surface area contributed by atoms with Crippen LogP contribution in [0.1, 0.15) is 0 Å². The number of benzene rings is 5. The first-order chi connectivity index (χ1) is 24.3. The van der Waals surface area contributed by atoms with Crippen LogP contribution in [0.15, 0.2) is 163 Å². The molecule has 0 aliphatic carbocycles. The number of aromatic nitrogens is 6. The van der Waals surface area contributed by atoms with Crippen molar-refractivity contribution in [3.8, 4) is 45.3 Å². The Labute approximate surface area is 280 Å². The quantitative estimate of drug-likeness (QED) is 0.189. The molecular formula is C42H26N6O. The Morgan fingerprint density at radius 1 is 0.429 bits per heavy atom. The number of hydrogen-bond donors (Lipinski definition) is 0. The van der Waals surface area contributed by atoms with Crippen molar-refractivity contribution in [2.24, 2.45) is 0 Å². The fraction of sp³-hybridized carbons (Fsp3) is 0. The van der Waals surface area contributed by atoms with Gasteiger partial charge in [-0.1, -0.05) is 48.5 Å². The molecule has 0 N–H and O–H groups in total. The van der Waals surface area contributed by atoms with E-state index in [1.54, 1.807) is 12.4 Å². The zero-order chi connectivity index (χ0) is 32.3. The molecule has 0 atom stereocenters. The molecule has 230 valence electrons. The largest absolute Gasteiger partial charge is 0.456 e. The zero-order valence-corrected chi connectivity index (χ0v) is 26.1. The molecule has 7 nitrogen and oxygen atoms in total. The Morgan fingerprint density at radius 2 is 1.00 bits per heavy atom. The van der Waals surface area contributed by atoms with Crippen molar-refractivity contribution >= 4 is 44.0 Å². The van der Waals surface area contributed by atoms with Gasteiger partial charge in [0.25, 0.3) is 0 Å². The lowest BCUT2D eigenvalue weighted by Gasteiger charge is -2.17. The molecule has 0 fully saturated rings. The lowest BCUT2D eigenvalue weighted by Crippen LogP contribution is -2.03. The number of para-hydroxylation sites is 5. The molecule has 49 heavy (non-hydrogen) atoms. The summed E-state index contributed by atoms with van der Waals surface area (Å²) in [6.45, 7) is 0. The molecule has 0 radical (unpaired) electrons. The van der Waals surface area contributed by atoms with Crippen LogP contribution in [0.4, 0.5) is 0 Å². The van der Waals surface area contributed by atoms with Gasteiger partial charge in [-0.3, -0.25) is 19.1 Å². The average molecular weight is 631 g/mol. The van der Waals surface area contributed by atoms with E-state index in [9.17, 15) is 0 Å². The summed E-state index contributed by atoms with van der Waals surface area (Å²) in [4.78, 5) is 19.1. The van der Waals surface area contributed by atoms with Gasteiger partial charge in [0.1, 0.15) is 22.8 Å². The monoisotopic (exact) mass is 630 g/mol. The lowest BCUT2D eigenvalue weighted by molar-refractivity contribution is 0.669. The van der Waals surface area contributed by atoms with E-state index in [0.717, 1.165) is 89.3 Å². The Balaban J connectivity index is 1.30. The van der Waals surface area contributed by atoms with Crippen LogP contribution < -0.4 is 0 Å². The summed E-state index contributed by atoms with van der Waals surface area (Å²) in [6, 6.07) is 45.8. The van der Waals surface area contributed by atoms with Gasteiger partial charge < -0.3 is 4.42 Å². The highest BCUT2D eigenvalue weighted by molar-refractivity contribution is 6.06. The maximum absolute atomic E-state index is 6.20. The number of hydrogen-bond acceptors (Lipinski definition) is 5. The predicted molar refractivity (Wildman–Crippen MR) is 195 cm³/mol. The van der Waals surface area contributed by atoms with Gasteiger partial charge in [-0.2, -0.15) is 0 Å². The maximum atomic E-state index is 6.20. The molecule has 0 saturated heterocycles. The van der Waals surface area contributed by atoms with Crippen LogP contribution >= 0.6 is 0 Å². The topological polar surface area (TPSA) is 74.6 Å². The van der Waals surface area contributed by atoms with Crippen LogP contribution in [0.25, 0.3) is 89.3 Å². The van der Waals surface area contributed by atoms with E-state index < -0.39 is 0 Å². The second kappa shape index (κ2) is 10.9. The second-order valence-corrected chi connectivity index (χ2v) is 12.0. The first-order valence-corrected chi connectivity index (χ1v) is 16.1. The van der Waals surface area contributed by atoms with Crippen molar-refractivity contribution in [2.45, 2.75) is 0 Å². The molecule has 0 saturated carbocycles. The molecule has 10 rings (SSSR count). The second-order valence-electron chi connectivity index (χ2n) is 12.0. The van der Waals surface area contributed by atoms with Crippen molar-refractivity contribution < 1.29 is 4.42 Å². The van der Waals surface area contributed by atoms with Crippen molar-refractivity contribution in [1.82, 2.24) is 29.1 Å². The lowest BCUT2D eigenvalue weighted by atomic mass is 10.0. The van der Waals surface area contributed by atoms with Gasteiger partial charge in [-0.05, 0) is 96.1 Å². The third-order valence-corrected chi connectivity index (χ3v) is 9.09. The Bertz CT molecular complexity index is 2700. The Hall–Kier alpha value is -6.86. The third-order valence-electron chi connectivity index (χ3n) is 9.09.